The average Bonchev–Trinajstić information content (AvgIpc) is 2.28. The van der Waals surface area contributed by atoms with Crippen LogP contribution < -0.4 is 5.32 Å². The van der Waals surface area contributed by atoms with Crippen molar-refractivity contribution in [1.82, 2.24) is 5.32 Å². The third-order valence-electron chi connectivity index (χ3n) is 3.20. The van der Waals surface area contributed by atoms with Crippen molar-refractivity contribution >= 4 is 5.97 Å². The van der Waals surface area contributed by atoms with Crippen molar-refractivity contribution in [3.8, 4) is 0 Å². The number of carbonyl (C=O) groups is 1. The summed E-state index contributed by atoms with van der Waals surface area (Å²) in [6.07, 6.45) is 4.02. The normalized spacial score (nSPS) is 27.4. The van der Waals surface area contributed by atoms with E-state index >= 15 is 0 Å². The molecule has 3 unspecified atom stereocenters. The van der Waals surface area contributed by atoms with Gasteiger partial charge >= 0.3 is 5.97 Å². The van der Waals surface area contributed by atoms with Gasteiger partial charge in [0.2, 0.25) is 0 Å². The molecule has 2 N–H and O–H groups in total. The first-order chi connectivity index (χ1) is 7.65. The fraction of sp³-hybridized carbons (Fsp3) is 0.917. The van der Waals surface area contributed by atoms with Crippen molar-refractivity contribution in [3.05, 3.63) is 0 Å². The number of rotatable bonds is 5. The number of aliphatic hydroxyl groups excluding tert-OH is 1. The minimum absolute atomic E-state index is 0.212. The van der Waals surface area contributed by atoms with E-state index in [-0.39, 0.29) is 24.0 Å². The lowest BCUT2D eigenvalue weighted by molar-refractivity contribution is -0.145. The van der Waals surface area contributed by atoms with E-state index in [0.717, 1.165) is 19.3 Å². The highest BCUT2D eigenvalue weighted by atomic mass is 16.5. The van der Waals surface area contributed by atoms with Gasteiger partial charge in [-0.25, -0.2) is 0 Å². The van der Waals surface area contributed by atoms with E-state index in [9.17, 15) is 9.90 Å². The Morgan fingerprint density at radius 1 is 1.50 bits per heavy atom. The molecule has 0 heterocycles. The molecule has 1 aliphatic rings. The summed E-state index contributed by atoms with van der Waals surface area (Å²) >= 11 is 0. The topological polar surface area (TPSA) is 58.6 Å². The molecule has 1 rings (SSSR count). The van der Waals surface area contributed by atoms with Crippen molar-refractivity contribution in [2.45, 2.75) is 51.7 Å². The predicted molar refractivity (Wildman–Crippen MR) is 62.1 cm³/mol. The van der Waals surface area contributed by atoms with Gasteiger partial charge in [0, 0.05) is 6.54 Å². The van der Waals surface area contributed by atoms with Gasteiger partial charge in [-0.05, 0) is 32.6 Å². The highest BCUT2D eigenvalue weighted by molar-refractivity contribution is 5.75. The van der Waals surface area contributed by atoms with Crippen LogP contribution in [-0.4, -0.2) is 36.4 Å². The largest absolute Gasteiger partial charge is 0.465 e. The Kier molecular flexibility index (Phi) is 5.77. The summed E-state index contributed by atoms with van der Waals surface area (Å²) in [5.74, 6) is 0.0680. The molecule has 0 aromatic heterocycles. The molecule has 16 heavy (non-hydrogen) atoms. The SMILES string of the molecule is CCOC(=O)C(C)NCC1CCCCC1O. The molecular formula is C12H23NO3. The first-order valence-corrected chi connectivity index (χ1v) is 6.23. The number of ether oxygens (including phenoxy) is 1. The summed E-state index contributed by atoms with van der Waals surface area (Å²) in [5, 5.41) is 12.9. The Bertz CT molecular complexity index is 220. The van der Waals surface area contributed by atoms with Crippen molar-refractivity contribution in [3.63, 3.8) is 0 Å². The molecule has 4 nitrogen and oxygen atoms in total. The lowest BCUT2D eigenvalue weighted by Gasteiger charge is -2.28. The molecule has 0 bridgehead atoms. The zero-order valence-electron chi connectivity index (χ0n) is 10.2. The van der Waals surface area contributed by atoms with Gasteiger partial charge in [-0.2, -0.15) is 0 Å². The van der Waals surface area contributed by atoms with E-state index < -0.39 is 0 Å². The number of hydrogen-bond acceptors (Lipinski definition) is 4. The van der Waals surface area contributed by atoms with Crippen molar-refractivity contribution in [2.75, 3.05) is 13.2 Å². The van der Waals surface area contributed by atoms with E-state index in [1.54, 1.807) is 13.8 Å². The van der Waals surface area contributed by atoms with E-state index in [4.69, 9.17) is 4.74 Å². The molecule has 3 atom stereocenters. The van der Waals surface area contributed by atoms with Crippen LogP contribution >= 0.6 is 0 Å². The van der Waals surface area contributed by atoms with Gasteiger partial charge < -0.3 is 15.2 Å². The van der Waals surface area contributed by atoms with Crippen LogP contribution in [0.2, 0.25) is 0 Å². The van der Waals surface area contributed by atoms with Crippen LogP contribution in [0.1, 0.15) is 39.5 Å². The summed E-state index contributed by atoms with van der Waals surface area (Å²) < 4.78 is 4.91. The van der Waals surface area contributed by atoms with Gasteiger partial charge in [-0.3, -0.25) is 4.79 Å². The average molecular weight is 229 g/mol. The van der Waals surface area contributed by atoms with Gasteiger partial charge in [-0.1, -0.05) is 12.8 Å². The lowest BCUT2D eigenvalue weighted by Crippen LogP contribution is -2.41. The molecule has 0 radical (unpaired) electrons. The minimum Gasteiger partial charge on any atom is -0.465 e. The van der Waals surface area contributed by atoms with Gasteiger partial charge in [0.15, 0.2) is 0 Å². The maximum Gasteiger partial charge on any atom is 0.322 e. The molecule has 0 aliphatic heterocycles. The molecule has 0 amide bonds. The Balaban J connectivity index is 2.24. The van der Waals surface area contributed by atoms with E-state index in [1.807, 2.05) is 0 Å². The summed E-state index contributed by atoms with van der Waals surface area (Å²) in [6, 6.07) is -0.283. The highest BCUT2D eigenvalue weighted by Crippen LogP contribution is 2.23. The van der Waals surface area contributed by atoms with Crippen LogP contribution in [-0.2, 0) is 9.53 Å². The van der Waals surface area contributed by atoms with Crippen LogP contribution in [0.5, 0.6) is 0 Å². The number of hydrogen-bond donors (Lipinski definition) is 2. The zero-order valence-corrected chi connectivity index (χ0v) is 10.2. The quantitative estimate of drug-likeness (QED) is 0.693. The molecule has 0 aromatic carbocycles. The van der Waals surface area contributed by atoms with Crippen LogP contribution in [0, 0.1) is 5.92 Å². The molecule has 0 saturated heterocycles. The number of esters is 1. The van der Waals surface area contributed by atoms with Crippen molar-refractivity contribution in [1.29, 1.82) is 0 Å². The van der Waals surface area contributed by atoms with Crippen LogP contribution in [0.15, 0.2) is 0 Å². The lowest BCUT2D eigenvalue weighted by atomic mass is 9.86. The molecular weight excluding hydrogens is 206 g/mol. The fourth-order valence-electron chi connectivity index (χ4n) is 2.10. The molecule has 0 aromatic rings. The number of carbonyl (C=O) groups excluding carboxylic acids is 1. The second kappa shape index (κ2) is 6.86. The third-order valence-corrected chi connectivity index (χ3v) is 3.20. The van der Waals surface area contributed by atoms with E-state index in [1.165, 1.54) is 6.42 Å². The van der Waals surface area contributed by atoms with E-state index in [0.29, 0.717) is 13.2 Å². The predicted octanol–water partition coefficient (Wildman–Crippen LogP) is 1.08. The summed E-state index contributed by atoms with van der Waals surface area (Å²) in [7, 11) is 0. The van der Waals surface area contributed by atoms with Crippen LogP contribution in [0.3, 0.4) is 0 Å². The van der Waals surface area contributed by atoms with Crippen molar-refractivity contribution < 1.29 is 14.6 Å². The Labute approximate surface area is 97.4 Å². The Hall–Kier alpha value is -0.610. The fourth-order valence-corrected chi connectivity index (χ4v) is 2.10. The Morgan fingerprint density at radius 2 is 2.19 bits per heavy atom. The number of nitrogens with one attached hydrogen (secondary N) is 1. The van der Waals surface area contributed by atoms with Crippen LogP contribution in [0.25, 0.3) is 0 Å². The Morgan fingerprint density at radius 3 is 2.81 bits per heavy atom. The second-order valence-electron chi connectivity index (χ2n) is 4.49. The zero-order chi connectivity index (χ0) is 12.0. The van der Waals surface area contributed by atoms with Gasteiger partial charge in [0.1, 0.15) is 6.04 Å². The molecule has 0 spiro atoms. The molecule has 1 aliphatic carbocycles. The van der Waals surface area contributed by atoms with Crippen molar-refractivity contribution in [2.24, 2.45) is 5.92 Å². The van der Waals surface area contributed by atoms with Gasteiger partial charge in [0.05, 0.1) is 12.7 Å². The standard InChI is InChI=1S/C12H23NO3/c1-3-16-12(15)9(2)13-8-10-6-4-5-7-11(10)14/h9-11,13-14H,3-8H2,1-2H3. The summed E-state index contributed by atoms with van der Waals surface area (Å²) in [6.45, 7) is 4.71. The first kappa shape index (κ1) is 13.5. The maximum absolute atomic E-state index is 11.4. The molecule has 1 fully saturated rings. The summed E-state index contributed by atoms with van der Waals surface area (Å²) in [4.78, 5) is 11.4. The molecule has 4 heteroatoms. The van der Waals surface area contributed by atoms with E-state index in [2.05, 4.69) is 5.32 Å². The summed E-state index contributed by atoms with van der Waals surface area (Å²) in [5.41, 5.74) is 0. The maximum atomic E-state index is 11.4. The van der Waals surface area contributed by atoms with Gasteiger partial charge in [0.25, 0.3) is 0 Å². The highest BCUT2D eigenvalue weighted by Gasteiger charge is 2.24. The first-order valence-electron chi connectivity index (χ1n) is 6.23. The number of aliphatic hydroxyl groups is 1. The second-order valence-corrected chi connectivity index (χ2v) is 4.49. The van der Waals surface area contributed by atoms with Crippen LogP contribution in [0.4, 0.5) is 0 Å². The molecule has 1 saturated carbocycles. The van der Waals surface area contributed by atoms with Gasteiger partial charge in [-0.15, -0.1) is 0 Å². The monoisotopic (exact) mass is 229 g/mol. The minimum atomic E-state index is -0.283. The third kappa shape index (κ3) is 4.10. The molecule has 94 valence electrons. The smallest absolute Gasteiger partial charge is 0.322 e.